The van der Waals surface area contributed by atoms with Gasteiger partial charge in [-0.2, -0.15) is 0 Å². The fourth-order valence-corrected chi connectivity index (χ4v) is 5.03. The maximum Gasteiger partial charge on any atom is 0.340 e. The zero-order valence-electron chi connectivity index (χ0n) is 14.2. The van der Waals surface area contributed by atoms with Crippen LogP contribution < -0.4 is 5.32 Å². The van der Waals surface area contributed by atoms with Gasteiger partial charge < -0.3 is 15.2 Å². The molecule has 6 nitrogen and oxygen atoms in total. The van der Waals surface area contributed by atoms with E-state index in [4.69, 9.17) is 4.74 Å². The zero-order valence-corrected chi connectivity index (χ0v) is 15.0. The number of carbonyl (C=O) groups excluding carboxylic acids is 2. The summed E-state index contributed by atoms with van der Waals surface area (Å²) < 4.78 is 4.80. The van der Waals surface area contributed by atoms with Crippen LogP contribution >= 0.6 is 11.3 Å². The topological polar surface area (TPSA) is 92.7 Å². The second kappa shape index (κ2) is 7.00. The molecule has 2 aliphatic carbocycles. The Balaban J connectivity index is 1.84. The molecule has 1 amide bonds. The minimum absolute atomic E-state index is 0.0530. The Morgan fingerprint density at radius 1 is 1.28 bits per heavy atom. The highest BCUT2D eigenvalue weighted by Gasteiger charge is 2.51. The fourth-order valence-electron chi connectivity index (χ4n) is 3.88. The quantitative estimate of drug-likeness (QED) is 0.599. The van der Waals surface area contributed by atoms with Gasteiger partial charge in [0.15, 0.2) is 0 Å². The average Bonchev–Trinajstić information content (AvgIpc) is 3.28. The molecule has 4 unspecified atom stereocenters. The van der Waals surface area contributed by atoms with E-state index in [-0.39, 0.29) is 17.7 Å². The van der Waals surface area contributed by atoms with E-state index in [9.17, 15) is 19.5 Å². The van der Waals surface area contributed by atoms with E-state index in [1.807, 2.05) is 19.1 Å². The second-order valence-corrected chi connectivity index (χ2v) is 7.66. The van der Waals surface area contributed by atoms with E-state index in [2.05, 4.69) is 5.32 Å². The number of hydrogen-bond acceptors (Lipinski definition) is 5. The Labute approximate surface area is 149 Å². The monoisotopic (exact) mass is 363 g/mol. The minimum atomic E-state index is -0.942. The molecule has 1 heterocycles. The number of aliphatic carboxylic acids is 1. The summed E-state index contributed by atoms with van der Waals surface area (Å²) in [6.45, 7) is 2.04. The van der Waals surface area contributed by atoms with E-state index in [1.165, 1.54) is 18.4 Å². The number of carboxylic acids is 1. The van der Waals surface area contributed by atoms with Crippen LogP contribution in [0.3, 0.4) is 0 Å². The Hall–Kier alpha value is -2.15. The van der Waals surface area contributed by atoms with E-state index in [0.29, 0.717) is 17.0 Å². The van der Waals surface area contributed by atoms with Crippen molar-refractivity contribution >= 4 is 34.2 Å². The number of anilines is 1. The number of thiophene rings is 1. The van der Waals surface area contributed by atoms with Crippen molar-refractivity contribution in [2.75, 3.05) is 12.4 Å². The summed E-state index contributed by atoms with van der Waals surface area (Å²) in [7, 11) is 1.30. The van der Waals surface area contributed by atoms with Crippen LogP contribution in [0.1, 0.15) is 35.0 Å². The molecule has 1 saturated carbocycles. The van der Waals surface area contributed by atoms with Gasteiger partial charge in [0.2, 0.25) is 5.91 Å². The van der Waals surface area contributed by atoms with Gasteiger partial charge in [0, 0.05) is 4.88 Å². The van der Waals surface area contributed by atoms with Gasteiger partial charge in [0.05, 0.1) is 24.5 Å². The number of fused-ring (bicyclic) bond motifs is 2. The lowest BCUT2D eigenvalue weighted by molar-refractivity contribution is -0.146. The van der Waals surface area contributed by atoms with Crippen LogP contribution in [0.15, 0.2) is 18.2 Å². The van der Waals surface area contributed by atoms with Crippen molar-refractivity contribution in [3.63, 3.8) is 0 Å². The largest absolute Gasteiger partial charge is 0.481 e. The summed E-state index contributed by atoms with van der Waals surface area (Å²) in [6.07, 6.45) is 6.26. The molecule has 1 fully saturated rings. The van der Waals surface area contributed by atoms with Gasteiger partial charge in [-0.1, -0.05) is 25.5 Å². The van der Waals surface area contributed by atoms with Crippen LogP contribution in [-0.4, -0.2) is 30.1 Å². The maximum atomic E-state index is 12.8. The summed E-state index contributed by atoms with van der Waals surface area (Å²) in [5.41, 5.74) is 0.329. The number of rotatable bonds is 6. The van der Waals surface area contributed by atoms with Crippen molar-refractivity contribution < 1.29 is 24.2 Å². The first-order valence-electron chi connectivity index (χ1n) is 8.39. The van der Waals surface area contributed by atoms with Crippen molar-refractivity contribution in [3.05, 3.63) is 28.7 Å². The molecule has 7 heteroatoms. The lowest BCUT2D eigenvalue weighted by atomic mass is 9.82. The van der Waals surface area contributed by atoms with E-state index in [0.717, 1.165) is 17.7 Å². The summed E-state index contributed by atoms with van der Waals surface area (Å²) in [5.74, 6) is -3.22. The highest BCUT2D eigenvalue weighted by atomic mass is 32.1. The van der Waals surface area contributed by atoms with Gasteiger partial charge in [-0.05, 0) is 30.7 Å². The molecule has 2 N–H and O–H groups in total. The molecule has 1 aromatic heterocycles. The number of nitrogens with one attached hydrogen (secondary N) is 1. The Morgan fingerprint density at radius 2 is 1.96 bits per heavy atom. The van der Waals surface area contributed by atoms with Gasteiger partial charge >= 0.3 is 11.9 Å². The molecule has 0 radical (unpaired) electrons. The van der Waals surface area contributed by atoms with Gasteiger partial charge in [-0.3, -0.25) is 9.59 Å². The predicted octanol–water partition coefficient (Wildman–Crippen LogP) is 2.95. The molecule has 134 valence electrons. The number of carboxylic acid groups (broad SMARTS) is 1. The smallest absolute Gasteiger partial charge is 0.340 e. The van der Waals surface area contributed by atoms with E-state index in [1.54, 1.807) is 6.07 Å². The van der Waals surface area contributed by atoms with Crippen LogP contribution in [0.25, 0.3) is 0 Å². The van der Waals surface area contributed by atoms with E-state index >= 15 is 0 Å². The van der Waals surface area contributed by atoms with Crippen molar-refractivity contribution in [2.24, 2.45) is 23.7 Å². The highest BCUT2D eigenvalue weighted by molar-refractivity contribution is 7.16. The molecular formula is C18H21NO5S. The molecule has 0 saturated heterocycles. The number of methoxy groups -OCH3 is 1. The number of aryl methyl sites for hydroxylation is 1. The molecular weight excluding hydrogens is 342 g/mol. The maximum absolute atomic E-state index is 12.8. The van der Waals surface area contributed by atoms with E-state index < -0.39 is 23.8 Å². The molecule has 4 atom stereocenters. The first-order chi connectivity index (χ1) is 12.0. The number of carbonyl (C=O) groups is 3. The SMILES string of the molecule is CCCc1cc(C(=O)OC)c(NC(=O)C2C3C=CC(C3)C2C(=O)O)s1. The number of amides is 1. The molecule has 2 bridgehead atoms. The lowest BCUT2D eigenvalue weighted by Crippen LogP contribution is -2.36. The predicted molar refractivity (Wildman–Crippen MR) is 93.6 cm³/mol. The summed E-state index contributed by atoms with van der Waals surface area (Å²) in [6, 6.07) is 1.74. The molecule has 0 aliphatic heterocycles. The number of hydrogen-bond donors (Lipinski definition) is 2. The minimum Gasteiger partial charge on any atom is -0.481 e. The molecule has 3 rings (SSSR count). The molecule has 0 spiro atoms. The molecule has 25 heavy (non-hydrogen) atoms. The first kappa shape index (κ1) is 17.7. The van der Waals surface area contributed by atoms with Crippen LogP contribution in [0.5, 0.6) is 0 Å². The van der Waals surface area contributed by atoms with Crippen LogP contribution in [0, 0.1) is 23.7 Å². The highest BCUT2D eigenvalue weighted by Crippen LogP contribution is 2.48. The normalized spacial score (nSPS) is 26.6. The van der Waals surface area contributed by atoms with Gasteiger partial charge in [-0.25, -0.2) is 4.79 Å². The number of esters is 1. The van der Waals surface area contributed by atoms with Crippen LogP contribution in [0.2, 0.25) is 0 Å². The van der Waals surface area contributed by atoms with Crippen molar-refractivity contribution in [3.8, 4) is 0 Å². The van der Waals surface area contributed by atoms with Crippen molar-refractivity contribution in [1.82, 2.24) is 0 Å². The molecule has 1 aromatic rings. The third-order valence-electron chi connectivity index (χ3n) is 4.97. The Kier molecular flexibility index (Phi) is 4.94. The summed E-state index contributed by atoms with van der Waals surface area (Å²) in [4.78, 5) is 37.3. The Morgan fingerprint density at radius 3 is 2.56 bits per heavy atom. The van der Waals surface area contributed by atoms with Gasteiger partial charge in [0.1, 0.15) is 5.00 Å². The molecule has 0 aromatic carbocycles. The number of ether oxygens (including phenoxy) is 1. The summed E-state index contributed by atoms with van der Waals surface area (Å²) >= 11 is 1.35. The average molecular weight is 363 g/mol. The number of allylic oxidation sites excluding steroid dienone is 2. The Bertz CT molecular complexity index is 738. The zero-order chi connectivity index (χ0) is 18.1. The van der Waals surface area contributed by atoms with Crippen LogP contribution in [-0.2, 0) is 20.7 Å². The van der Waals surface area contributed by atoms with Gasteiger partial charge in [0.25, 0.3) is 0 Å². The second-order valence-electron chi connectivity index (χ2n) is 6.52. The third-order valence-corrected chi connectivity index (χ3v) is 6.08. The van der Waals surface area contributed by atoms with Crippen molar-refractivity contribution in [2.45, 2.75) is 26.2 Å². The summed E-state index contributed by atoms with van der Waals surface area (Å²) in [5, 5.41) is 12.7. The first-order valence-corrected chi connectivity index (χ1v) is 9.20. The van der Waals surface area contributed by atoms with Gasteiger partial charge in [-0.15, -0.1) is 11.3 Å². The van der Waals surface area contributed by atoms with Crippen molar-refractivity contribution in [1.29, 1.82) is 0 Å². The lowest BCUT2D eigenvalue weighted by Gasteiger charge is -2.23. The standard InChI is InChI=1S/C18H21NO5S/c1-3-4-11-8-12(18(23)24-2)16(25-11)19-15(20)13-9-5-6-10(7-9)14(13)17(21)22/h5-6,8-10,13-14H,3-4,7H2,1-2H3,(H,19,20)(H,21,22). The third kappa shape index (κ3) is 3.20. The molecule has 2 aliphatic rings. The fraction of sp³-hybridized carbons (Fsp3) is 0.500. The van der Waals surface area contributed by atoms with Crippen LogP contribution in [0.4, 0.5) is 5.00 Å².